The molecule has 1 heterocycles. The fraction of sp³-hybridized carbons (Fsp3) is 0.783. The van der Waals surface area contributed by atoms with Crippen molar-refractivity contribution >= 4 is 17.7 Å². The van der Waals surface area contributed by atoms with Crippen molar-refractivity contribution in [2.75, 3.05) is 0 Å². The maximum atomic E-state index is 13.2. The number of fused-ring (bicyclic) bond motifs is 4. The van der Waals surface area contributed by atoms with Gasteiger partial charge in [-0.15, -0.1) is 0 Å². The first-order valence-corrected chi connectivity index (χ1v) is 11.1. The number of cyclic esters (lactones) is 1. The molecule has 1 spiro atoms. The van der Waals surface area contributed by atoms with E-state index in [2.05, 4.69) is 0 Å². The topological polar surface area (TPSA) is 110 Å². The van der Waals surface area contributed by atoms with Crippen molar-refractivity contribution in [2.24, 2.45) is 28.6 Å². The molecule has 0 amide bonds. The van der Waals surface area contributed by atoms with Gasteiger partial charge < -0.3 is 19.7 Å². The van der Waals surface area contributed by atoms with Crippen LogP contribution < -0.4 is 0 Å². The van der Waals surface area contributed by atoms with Gasteiger partial charge in [0.1, 0.15) is 17.8 Å². The lowest BCUT2D eigenvalue weighted by Crippen LogP contribution is -2.73. The van der Waals surface area contributed by atoms with Crippen molar-refractivity contribution in [1.82, 2.24) is 0 Å². The number of ketones is 1. The number of hydrogen-bond donors (Lipinski definition) is 2. The lowest BCUT2D eigenvalue weighted by atomic mass is 9.42. The van der Waals surface area contributed by atoms with E-state index in [1.807, 2.05) is 13.8 Å². The average Bonchev–Trinajstić information content (AvgIpc) is 3.13. The van der Waals surface area contributed by atoms with Gasteiger partial charge in [0.05, 0.1) is 11.5 Å². The largest absolute Gasteiger partial charge is 0.462 e. The third-order valence-electron chi connectivity index (χ3n) is 9.26. The third kappa shape index (κ3) is 2.20. The molecule has 0 aromatic rings. The van der Waals surface area contributed by atoms with Gasteiger partial charge in [0.25, 0.3) is 0 Å². The van der Waals surface area contributed by atoms with Crippen LogP contribution >= 0.6 is 0 Å². The molecule has 30 heavy (non-hydrogen) atoms. The Morgan fingerprint density at radius 3 is 2.67 bits per heavy atom. The van der Waals surface area contributed by atoms with Crippen LogP contribution in [0.1, 0.15) is 59.3 Å². The third-order valence-corrected chi connectivity index (χ3v) is 9.26. The van der Waals surface area contributed by atoms with Gasteiger partial charge in [0.2, 0.25) is 0 Å². The SMILES string of the molecule is CC(=O)OC1CC23C(=O)OC(C)C2CCC3C2C(O)CC3=CC(=O)CCC3(C)C12O. The Hall–Kier alpha value is -1.73. The summed E-state index contributed by atoms with van der Waals surface area (Å²) in [6.45, 7) is 5.11. The van der Waals surface area contributed by atoms with Gasteiger partial charge >= 0.3 is 11.9 Å². The molecule has 7 heteroatoms. The number of rotatable bonds is 1. The Balaban J connectivity index is 1.70. The van der Waals surface area contributed by atoms with Crippen LogP contribution in [0.4, 0.5) is 0 Å². The molecular weight excluding hydrogens is 388 g/mol. The summed E-state index contributed by atoms with van der Waals surface area (Å²) in [6, 6.07) is 0. The summed E-state index contributed by atoms with van der Waals surface area (Å²) in [6.07, 6.45) is 2.15. The second kappa shape index (κ2) is 6.16. The van der Waals surface area contributed by atoms with E-state index in [0.717, 1.165) is 18.4 Å². The monoisotopic (exact) mass is 418 g/mol. The normalized spacial score (nSPS) is 51.8. The van der Waals surface area contributed by atoms with E-state index in [1.54, 1.807) is 6.08 Å². The van der Waals surface area contributed by atoms with Crippen LogP contribution in [-0.4, -0.2) is 51.8 Å². The fourth-order valence-electron chi connectivity index (χ4n) is 8.01. The standard InChI is InChI=1S/C23H30O7/c1-11-15-4-5-16-19-17(26)9-13-8-14(25)6-7-21(13,3)23(19,28)18(30-12(2)24)10-22(15,16)20(27)29-11/h8,11,15-19,26,28H,4-7,9-10H2,1-3H3. The van der Waals surface area contributed by atoms with Crippen molar-refractivity contribution in [3.63, 3.8) is 0 Å². The molecule has 9 atom stereocenters. The van der Waals surface area contributed by atoms with Gasteiger partial charge in [-0.1, -0.05) is 12.5 Å². The summed E-state index contributed by atoms with van der Waals surface area (Å²) in [4.78, 5) is 37.4. The van der Waals surface area contributed by atoms with E-state index >= 15 is 0 Å². The van der Waals surface area contributed by atoms with Crippen molar-refractivity contribution in [2.45, 2.75) is 83.2 Å². The van der Waals surface area contributed by atoms with E-state index in [1.165, 1.54) is 6.92 Å². The Kier molecular flexibility index (Phi) is 4.15. The maximum absolute atomic E-state index is 13.2. The molecule has 1 saturated heterocycles. The maximum Gasteiger partial charge on any atom is 0.313 e. The highest BCUT2D eigenvalue weighted by Gasteiger charge is 2.77. The van der Waals surface area contributed by atoms with Crippen LogP contribution in [0.15, 0.2) is 11.6 Å². The predicted molar refractivity (Wildman–Crippen MR) is 104 cm³/mol. The minimum Gasteiger partial charge on any atom is -0.462 e. The molecule has 0 bridgehead atoms. The molecule has 0 radical (unpaired) electrons. The van der Waals surface area contributed by atoms with Crippen LogP contribution in [0.5, 0.6) is 0 Å². The Morgan fingerprint density at radius 1 is 1.27 bits per heavy atom. The first kappa shape index (κ1) is 20.2. The predicted octanol–water partition coefficient (Wildman–Crippen LogP) is 1.69. The average molecular weight is 418 g/mol. The van der Waals surface area contributed by atoms with Crippen molar-refractivity contribution in [3.8, 4) is 0 Å². The van der Waals surface area contributed by atoms with E-state index in [0.29, 0.717) is 12.8 Å². The van der Waals surface area contributed by atoms with E-state index < -0.39 is 40.5 Å². The van der Waals surface area contributed by atoms with E-state index in [9.17, 15) is 24.6 Å². The molecule has 0 aromatic carbocycles. The Labute approximate surface area is 175 Å². The zero-order chi connectivity index (χ0) is 21.6. The number of carbonyl (C=O) groups excluding carboxylic acids is 3. The number of ether oxygens (including phenoxy) is 2. The fourth-order valence-corrected chi connectivity index (χ4v) is 8.01. The molecule has 5 aliphatic rings. The van der Waals surface area contributed by atoms with E-state index in [4.69, 9.17) is 9.47 Å². The van der Waals surface area contributed by atoms with Gasteiger partial charge in [-0.3, -0.25) is 14.4 Å². The minimum atomic E-state index is -1.56. The number of aliphatic hydroxyl groups is 2. The van der Waals surface area contributed by atoms with Gasteiger partial charge in [0, 0.05) is 37.0 Å². The molecule has 4 aliphatic carbocycles. The van der Waals surface area contributed by atoms with Crippen molar-refractivity contribution < 1.29 is 34.1 Å². The van der Waals surface area contributed by atoms with E-state index in [-0.39, 0.29) is 42.5 Å². The molecule has 7 nitrogen and oxygen atoms in total. The zero-order valence-electron chi connectivity index (χ0n) is 17.7. The summed E-state index contributed by atoms with van der Waals surface area (Å²) in [7, 11) is 0. The summed E-state index contributed by atoms with van der Waals surface area (Å²) in [5.41, 5.74) is -2.49. The summed E-state index contributed by atoms with van der Waals surface area (Å²) in [5, 5.41) is 23.7. The first-order chi connectivity index (χ1) is 14.1. The van der Waals surface area contributed by atoms with Crippen LogP contribution in [0.25, 0.3) is 0 Å². The highest BCUT2D eigenvalue weighted by molar-refractivity contribution is 5.92. The molecule has 1 aliphatic heterocycles. The van der Waals surface area contributed by atoms with Crippen LogP contribution in [0.2, 0.25) is 0 Å². The van der Waals surface area contributed by atoms with Gasteiger partial charge in [-0.05, 0) is 44.6 Å². The molecule has 5 rings (SSSR count). The summed E-state index contributed by atoms with van der Waals surface area (Å²) < 4.78 is 11.4. The molecule has 164 valence electrons. The number of hydrogen-bond acceptors (Lipinski definition) is 7. The molecular formula is C23H30O7. The Bertz CT molecular complexity index is 864. The number of aliphatic hydroxyl groups excluding tert-OH is 1. The van der Waals surface area contributed by atoms with Gasteiger partial charge in [0.15, 0.2) is 5.78 Å². The lowest BCUT2D eigenvalue weighted by Gasteiger charge is -2.65. The molecule has 9 unspecified atom stereocenters. The van der Waals surface area contributed by atoms with Crippen LogP contribution in [0.3, 0.4) is 0 Å². The molecule has 2 N–H and O–H groups in total. The van der Waals surface area contributed by atoms with Crippen LogP contribution in [-0.2, 0) is 23.9 Å². The van der Waals surface area contributed by atoms with Gasteiger partial charge in [-0.2, -0.15) is 0 Å². The highest BCUT2D eigenvalue weighted by atomic mass is 16.6. The van der Waals surface area contributed by atoms with Crippen molar-refractivity contribution in [3.05, 3.63) is 11.6 Å². The second-order valence-electron chi connectivity index (χ2n) is 10.3. The number of esters is 2. The molecule has 0 aromatic heterocycles. The van der Waals surface area contributed by atoms with Gasteiger partial charge in [-0.25, -0.2) is 0 Å². The summed E-state index contributed by atoms with van der Waals surface area (Å²) >= 11 is 0. The molecule has 4 fully saturated rings. The number of carbonyl (C=O) groups is 3. The smallest absolute Gasteiger partial charge is 0.313 e. The second-order valence-corrected chi connectivity index (χ2v) is 10.3. The van der Waals surface area contributed by atoms with Crippen LogP contribution in [0, 0.1) is 28.6 Å². The Morgan fingerprint density at radius 2 is 1.97 bits per heavy atom. The molecule has 3 saturated carbocycles. The van der Waals surface area contributed by atoms with Crippen molar-refractivity contribution in [1.29, 1.82) is 0 Å². The highest BCUT2D eigenvalue weighted by Crippen LogP contribution is 2.70. The quantitative estimate of drug-likeness (QED) is 0.624. The minimum absolute atomic E-state index is 0.0116. The summed E-state index contributed by atoms with van der Waals surface area (Å²) in [5.74, 6) is -1.72. The first-order valence-electron chi connectivity index (χ1n) is 11.1. The lowest BCUT2D eigenvalue weighted by molar-refractivity contribution is -0.272. The zero-order valence-corrected chi connectivity index (χ0v) is 17.7.